The molecule has 2 aromatic rings. The van der Waals surface area contributed by atoms with E-state index < -0.39 is 17.9 Å². The monoisotopic (exact) mass is 289 g/mol. The summed E-state index contributed by atoms with van der Waals surface area (Å²) in [5, 5.41) is 12.5. The Kier molecular flexibility index (Phi) is 4.62. The first-order valence-electron chi connectivity index (χ1n) is 7.05. The zero-order valence-electron chi connectivity index (χ0n) is 12.2. The number of amides is 1. The van der Waals surface area contributed by atoms with Crippen LogP contribution < -0.4 is 5.32 Å². The molecule has 0 bridgehead atoms. The minimum absolute atomic E-state index is 0.137. The summed E-state index contributed by atoms with van der Waals surface area (Å²) in [6, 6.07) is 6.37. The van der Waals surface area contributed by atoms with Crippen LogP contribution in [0.5, 0.6) is 0 Å². The summed E-state index contributed by atoms with van der Waals surface area (Å²) in [5.41, 5.74) is 1.69. The van der Waals surface area contributed by atoms with Gasteiger partial charge < -0.3 is 14.8 Å². The molecule has 0 aliphatic carbocycles. The van der Waals surface area contributed by atoms with Gasteiger partial charge in [0.25, 0.3) is 5.91 Å². The fraction of sp³-hybridized carbons (Fsp3) is 0.375. The standard InChI is InChI=1S/C16H19NO4/c1-3-4-5-12(16(19)20)17-15(18)14-9-11-8-10(2)6-7-13(11)21-14/h6-9,12H,3-5H2,1-2H3,(H,17,18)(H,19,20). The van der Waals surface area contributed by atoms with Crippen LogP contribution in [0.4, 0.5) is 0 Å². The zero-order chi connectivity index (χ0) is 15.4. The number of hydrogen-bond donors (Lipinski definition) is 2. The normalized spacial score (nSPS) is 12.3. The zero-order valence-corrected chi connectivity index (χ0v) is 12.2. The molecule has 0 aliphatic rings. The van der Waals surface area contributed by atoms with Crippen LogP contribution in [0.3, 0.4) is 0 Å². The third-order valence-electron chi connectivity index (χ3n) is 3.35. The molecule has 5 nitrogen and oxygen atoms in total. The smallest absolute Gasteiger partial charge is 0.326 e. The highest BCUT2D eigenvalue weighted by Crippen LogP contribution is 2.20. The van der Waals surface area contributed by atoms with Crippen molar-refractivity contribution in [3.8, 4) is 0 Å². The van der Waals surface area contributed by atoms with Crippen molar-refractivity contribution in [1.29, 1.82) is 0 Å². The quantitative estimate of drug-likeness (QED) is 0.856. The summed E-state index contributed by atoms with van der Waals surface area (Å²) in [4.78, 5) is 23.3. The van der Waals surface area contributed by atoms with E-state index in [0.717, 1.165) is 23.8 Å². The Morgan fingerprint density at radius 1 is 1.33 bits per heavy atom. The average Bonchev–Trinajstić information content (AvgIpc) is 2.85. The van der Waals surface area contributed by atoms with E-state index in [0.29, 0.717) is 12.0 Å². The fourth-order valence-corrected chi connectivity index (χ4v) is 2.17. The Bertz CT molecular complexity index is 659. The molecule has 1 aromatic heterocycles. The molecule has 112 valence electrons. The Balaban J connectivity index is 2.15. The highest BCUT2D eigenvalue weighted by Gasteiger charge is 2.22. The van der Waals surface area contributed by atoms with Crippen molar-refractivity contribution in [3.63, 3.8) is 0 Å². The molecule has 0 spiro atoms. The van der Waals surface area contributed by atoms with Crippen LogP contribution >= 0.6 is 0 Å². The van der Waals surface area contributed by atoms with Gasteiger partial charge in [0, 0.05) is 5.39 Å². The summed E-state index contributed by atoms with van der Waals surface area (Å²) < 4.78 is 5.46. The lowest BCUT2D eigenvalue weighted by Gasteiger charge is -2.12. The van der Waals surface area contributed by atoms with Gasteiger partial charge in [0.1, 0.15) is 11.6 Å². The Labute approximate surface area is 122 Å². The van der Waals surface area contributed by atoms with Crippen molar-refractivity contribution in [2.75, 3.05) is 0 Å². The van der Waals surface area contributed by atoms with Crippen LogP contribution in [0.25, 0.3) is 11.0 Å². The predicted octanol–water partition coefficient (Wildman–Crippen LogP) is 3.11. The van der Waals surface area contributed by atoms with E-state index in [-0.39, 0.29) is 5.76 Å². The molecule has 5 heteroatoms. The van der Waals surface area contributed by atoms with E-state index in [4.69, 9.17) is 9.52 Å². The Hall–Kier alpha value is -2.30. The average molecular weight is 289 g/mol. The molecular weight excluding hydrogens is 270 g/mol. The number of carboxylic acids is 1. The number of benzene rings is 1. The first-order valence-corrected chi connectivity index (χ1v) is 7.05. The summed E-state index contributed by atoms with van der Waals surface area (Å²) in [7, 11) is 0. The molecule has 1 aromatic carbocycles. The van der Waals surface area contributed by atoms with Crippen molar-refractivity contribution in [3.05, 3.63) is 35.6 Å². The number of carbonyl (C=O) groups excluding carboxylic acids is 1. The molecule has 0 radical (unpaired) electrons. The van der Waals surface area contributed by atoms with Gasteiger partial charge in [-0.1, -0.05) is 31.4 Å². The van der Waals surface area contributed by atoms with E-state index >= 15 is 0 Å². The van der Waals surface area contributed by atoms with E-state index in [9.17, 15) is 9.59 Å². The SMILES string of the molecule is CCCCC(NC(=O)c1cc2cc(C)ccc2o1)C(=O)O. The Morgan fingerprint density at radius 3 is 2.76 bits per heavy atom. The summed E-state index contributed by atoms with van der Waals surface area (Å²) >= 11 is 0. The van der Waals surface area contributed by atoms with Gasteiger partial charge in [0.05, 0.1) is 0 Å². The van der Waals surface area contributed by atoms with Crippen LogP contribution in [0.15, 0.2) is 28.7 Å². The largest absolute Gasteiger partial charge is 0.480 e. The third kappa shape index (κ3) is 3.62. The van der Waals surface area contributed by atoms with Crippen LogP contribution in [0, 0.1) is 6.92 Å². The van der Waals surface area contributed by atoms with Crippen molar-refractivity contribution in [1.82, 2.24) is 5.32 Å². The maximum Gasteiger partial charge on any atom is 0.326 e. The van der Waals surface area contributed by atoms with Crippen LogP contribution in [-0.2, 0) is 4.79 Å². The van der Waals surface area contributed by atoms with Gasteiger partial charge in [0.2, 0.25) is 0 Å². The van der Waals surface area contributed by atoms with Gasteiger partial charge in [-0.2, -0.15) is 0 Å². The number of carboxylic acid groups (broad SMARTS) is 1. The molecule has 1 amide bonds. The first kappa shape index (κ1) is 15.1. The van der Waals surface area contributed by atoms with E-state index in [1.807, 2.05) is 26.0 Å². The minimum atomic E-state index is -1.02. The predicted molar refractivity (Wildman–Crippen MR) is 79.4 cm³/mol. The van der Waals surface area contributed by atoms with Crippen molar-refractivity contribution in [2.24, 2.45) is 0 Å². The highest BCUT2D eigenvalue weighted by molar-refractivity contribution is 5.98. The molecule has 2 N–H and O–H groups in total. The van der Waals surface area contributed by atoms with Gasteiger partial charge in [-0.25, -0.2) is 4.79 Å². The van der Waals surface area contributed by atoms with Crippen LogP contribution in [0.1, 0.15) is 42.3 Å². The van der Waals surface area contributed by atoms with Crippen molar-refractivity contribution in [2.45, 2.75) is 39.2 Å². The number of carbonyl (C=O) groups is 2. The molecule has 2 rings (SSSR count). The molecule has 1 heterocycles. The van der Waals surface area contributed by atoms with Crippen LogP contribution in [0.2, 0.25) is 0 Å². The second-order valence-electron chi connectivity index (χ2n) is 5.16. The number of hydrogen-bond acceptors (Lipinski definition) is 3. The highest BCUT2D eigenvalue weighted by atomic mass is 16.4. The molecule has 0 saturated carbocycles. The van der Waals surface area contributed by atoms with Gasteiger partial charge in [-0.3, -0.25) is 4.79 Å². The molecule has 0 aliphatic heterocycles. The Morgan fingerprint density at radius 2 is 2.10 bits per heavy atom. The molecule has 21 heavy (non-hydrogen) atoms. The molecule has 0 fully saturated rings. The molecular formula is C16H19NO4. The van der Waals surface area contributed by atoms with E-state index in [1.165, 1.54) is 0 Å². The number of unbranched alkanes of at least 4 members (excludes halogenated alkanes) is 1. The molecule has 0 saturated heterocycles. The van der Waals surface area contributed by atoms with Gasteiger partial charge in [-0.05, 0) is 31.5 Å². The first-order chi connectivity index (χ1) is 10.0. The number of aryl methyl sites for hydroxylation is 1. The van der Waals surface area contributed by atoms with Gasteiger partial charge in [0.15, 0.2) is 5.76 Å². The summed E-state index contributed by atoms with van der Waals surface area (Å²) in [5.74, 6) is -1.38. The topological polar surface area (TPSA) is 79.5 Å². The van der Waals surface area contributed by atoms with Gasteiger partial charge >= 0.3 is 5.97 Å². The van der Waals surface area contributed by atoms with E-state index in [1.54, 1.807) is 12.1 Å². The third-order valence-corrected chi connectivity index (χ3v) is 3.35. The number of rotatable bonds is 6. The second-order valence-corrected chi connectivity index (χ2v) is 5.16. The summed E-state index contributed by atoms with van der Waals surface area (Å²) in [6.45, 7) is 3.93. The van der Waals surface area contributed by atoms with Crippen LogP contribution in [-0.4, -0.2) is 23.0 Å². The number of aliphatic carboxylic acids is 1. The lowest BCUT2D eigenvalue weighted by atomic mass is 10.1. The molecule has 1 unspecified atom stereocenters. The molecule has 1 atom stereocenters. The lowest BCUT2D eigenvalue weighted by Crippen LogP contribution is -2.40. The maximum atomic E-state index is 12.1. The minimum Gasteiger partial charge on any atom is -0.480 e. The fourth-order valence-electron chi connectivity index (χ4n) is 2.17. The lowest BCUT2D eigenvalue weighted by molar-refractivity contribution is -0.139. The number of nitrogens with one attached hydrogen (secondary N) is 1. The van der Waals surface area contributed by atoms with Crippen molar-refractivity contribution >= 4 is 22.8 Å². The van der Waals surface area contributed by atoms with Gasteiger partial charge in [-0.15, -0.1) is 0 Å². The number of fused-ring (bicyclic) bond motifs is 1. The second kappa shape index (κ2) is 6.43. The number of furan rings is 1. The van der Waals surface area contributed by atoms with E-state index in [2.05, 4.69) is 5.32 Å². The maximum absolute atomic E-state index is 12.1. The summed E-state index contributed by atoms with van der Waals surface area (Å²) in [6.07, 6.45) is 2.04. The van der Waals surface area contributed by atoms with Crippen molar-refractivity contribution < 1.29 is 19.1 Å².